The average molecular weight is 203 g/mol. The quantitative estimate of drug-likeness (QED) is 0.692. The summed E-state index contributed by atoms with van der Waals surface area (Å²) in [5.74, 6) is 0.913. The van der Waals surface area contributed by atoms with Gasteiger partial charge in [0.2, 0.25) is 0 Å². The zero-order valence-electron chi connectivity index (χ0n) is 9.74. The van der Waals surface area contributed by atoms with Crippen molar-refractivity contribution in [3.8, 4) is 5.75 Å². The summed E-state index contributed by atoms with van der Waals surface area (Å²) in [5.41, 5.74) is 3.38. The summed E-state index contributed by atoms with van der Waals surface area (Å²) in [5, 5.41) is 0. The number of methoxy groups -OCH3 is 1. The zero-order chi connectivity index (χ0) is 11.3. The molecule has 2 nitrogen and oxygen atoms in total. The molecule has 1 aromatic carbocycles. The number of hydrogen-bond acceptors (Lipinski definition) is 2. The molecule has 0 aliphatic rings. The predicted molar refractivity (Wildman–Crippen MR) is 65.8 cm³/mol. The topological polar surface area (TPSA) is 21.6 Å². The monoisotopic (exact) mass is 203 g/mol. The van der Waals surface area contributed by atoms with Gasteiger partial charge in [-0.15, -0.1) is 0 Å². The first-order valence-corrected chi connectivity index (χ1v) is 4.96. The molecule has 0 saturated heterocycles. The third-order valence-electron chi connectivity index (χ3n) is 2.32. The summed E-state index contributed by atoms with van der Waals surface area (Å²) in [6.07, 6.45) is 3.89. The maximum Gasteiger partial charge on any atom is 0.122 e. The molecular formula is C13H17NO. The minimum atomic E-state index is 0.913. The van der Waals surface area contributed by atoms with E-state index < -0.39 is 0 Å². The van der Waals surface area contributed by atoms with Crippen LogP contribution in [0.25, 0.3) is 5.57 Å². The van der Waals surface area contributed by atoms with Crippen molar-refractivity contribution in [2.75, 3.05) is 14.2 Å². The fourth-order valence-corrected chi connectivity index (χ4v) is 1.45. The molecular weight excluding hydrogens is 186 g/mol. The summed E-state index contributed by atoms with van der Waals surface area (Å²) >= 11 is 0. The zero-order valence-corrected chi connectivity index (χ0v) is 9.74. The number of allylic oxidation sites excluding steroid dienone is 2. The van der Waals surface area contributed by atoms with Crippen LogP contribution in [-0.2, 0) is 0 Å². The molecule has 0 unspecified atom stereocenters. The molecule has 0 spiro atoms. The molecule has 0 N–H and O–H groups in total. The summed E-state index contributed by atoms with van der Waals surface area (Å²) in [7, 11) is 3.46. The van der Waals surface area contributed by atoms with Gasteiger partial charge in [0.25, 0.3) is 0 Å². The highest BCUT2D eigenvalue weighted by molar-refractivity contribution is 6.09. The van der Waals surface area contributed by atoms with Gasteiger partial charge in [0, 0.05) is 13.3 Å². The third-order valence-corrected chi connectivity index (χ3v) is 2.32. The van der Waals surface area contributed by atoms with Crippen molar-refractivity contribution < 1.29 is 4.74 Å². The van der Waals surface area contributed by atoms with Crippen molar-refractivity contribution in [2.24, 2.45) is 4.99 Å². The van der Waals surface area contributed by atoms with Crippen LogP contribution >= 0.6 is 0 Å². The van der Waals surface area contributed by atoms with Gasteiger partial charge < -0.3 is 4.74 Å². The normalized spacial score (nSPS) is 12.1. The number of ether oxygens (including phenoxy) is 1. The lowest BCUT2D eigenvalue weighted by molar-refractivity contribution is 0.411. The Balaban J connectivity index is 3.15. The number of aryl methyl sites for hydroxylation is 1. The van der Waals surface area contributed by atoms with Crippen molar-refractivity contribution >= 4 is 11.8 Å². The van der Waals surface area contributed by atoms with Crippen LogP contribution in [0.15, 0.2) is 29.3 Å². The SMILES string of the molecule is C/C=C(\C=NC)c1ccc(C)c(OC)c1. The van der Waals surface area contributed by atoms with Crippen molar-refractivity contribution in [1.29, 1.82) is 0 Å². The van der Waals surface area contributed by atoms with Crippen LogP contribution in [0.4, 0.5) is 0 Å². The van der Waals surface area contributed by atoms with Gasteiger partial charge in [-0.2, -0.15) is 0 Å². The third kappa shape index (κ3) is 2.69. The van der Waals surface area contributed by atoms with Gasteiger partial charge >= 0.3 is 0 Å². The summed E-state index contributed by atoms with van der Waals surface area (Å²) in [6.45, 7) is 4.04. The van der Waals surface area contributed by atoms with E-state index in [9.17, 15) is 0 Å². The molecule has 2 heteroatoms. The Morgan fingerprint density at radius 3 is 2.67 bits per heavy atom. The molecule has 0 heterocycles. The molecule has 0 fully saturated rings. The first-order chi connectivity index (χ1) is 7.22. The van der Waals surface area contributed by atoms with E-state index in [1.165, 1.54) is 0 Å². The van der Waals surface area contributed by atoms with Gasteiger partial charge in [-0.05, 0) is 36.6 Å². The Morgan fingerprint density at radius 2 is 2.13 bits per heavy atom. The van der Waals surface area contributed by atoms with E-state index in [1.54, 1.807) is 14.2 Å². The van der Waals surface area contributed by atoms with E-state index in [0.29, 0.717) is 0 Å². The molecule has 0 aliphatic heterocycles. The van der Waals surface area contributed by atoms with Crippen molar-refractivity contribution in [2.45, 2.75) is 13.8 Å². The summed E-state index contributed by atoms with van der Waals surface area (Å²) in [4.78, 5) is 4.03. The highest BCUT2D eigenvalue weighted by Crippen LogP contribution is 2.22. The predicted octanol–water partition coefficient (Wildman–Crippen LogP) is 3.11. The van der Waals surface area contributed by atoms with Gasteiger partial charge in [-0.3, -0.25) is 4.99 Å². The van der Waals surface area contributed by atoms with Gasteiger partial charge in [0.15, 0.2) is 0 Å². The Hall–Kier alpha value is -1.57. The van der Waals surface area contributed by atoms with Crippen LogP contribution in [0, 0.1) is 6.92 Å². The molecule has 1 aromatic rings. The van der Waals surface area contributed by atoms with Crippen molar-refractivity contribution in [1.82, 2.24) is 0 Å². The molecule has 0 amide bonds. The van der Waals surface area contributed by atoms with Gasteiger partial charge in [0.1, 0.15) is 5.75 Å². The number of rotatable bonds is 3. The lowest BCUT2D eigenvalue weighted by Crippen LogP contribution is -1.91. The first-order valence-electron chi connectivity index (χ1n) is 4.96. The molecule has 15 heavy (non-hydrogen) atoms. The fraction of sp³-hybridized carbons (Fsp3) is 0.308. The van der Waals surface area contributed by atoms with E-state index in [-0.39, 0.29) is 0 Å². The summed E-state index contributed by atoms with van der Waals surface area (Å²) in [6, 6.07) is 6.17. The van der Waals surface area contributed by atoms with Gasteiger partial charge in [-0.25, -0.2) is 0 Å². The molecule has 0 aromatic heterocycles. The Kier molecular flexibility index (Phi) is 4.10. The Morgan fingerprint density at radius 1 is 1.40 bits per heavy atom. The van der Waals surface area contributed by atoms with Crippen LogP contribution in [0.2, 0.25) is 0 Å². The second-order valence-electron chi connectivity index (χ2n) is 3.32. The van der Waals surface area contributed by atoms with E-state index in [1.807, 2.05) is 32.2 Å². The van der Waals surface area contributed by atoms with E-state index in [2.05, 4.69) is 17.1 Å². The van der Waals surface area contributed by atoms with Crippen molar-refractivity contribution in [3.05, 3.63) is 35.4 Å². The molecule has 0 aliphatic carbocycles. The highest BCUT2D eigenvalue weighted by Gasteiger charge is 2.02. The van der Waals surface area contributed by atoms with Crippen LogP contribution < -0.4 is 4.74 Å². The largest absolute Gasteiger partial charge is 0.496 e. The van der Waals surface area contributed by atoms with Crippen LogP contribution in [0.3, 0.4) is 0 Å². The molecule has 80 valence electrons. The standard InChI is InChI=1S/C13H17NO/c1-5-11(9-14-3)12-7-6-10(2)13(8-12)15-4/h5-9H,1-4H3/b11-5+,14-9?. The second-order valence-corrected chi connectivity index (χ2v) is 3.32. The van der Waals surface area contributed by atoms with Crippen LogP contribution in [0.5, 0.6) is 5.75 Å². The molecule has 1 rings (SSSR count). The van der Waals surface area contributed by atoms with Crippen molar-refractivity contribution in [3.63, 3.8) is 0 Å². The highest BCUT2D eigenvalue weighted by atomic mass is 16.5. The molecule has 0 atom stereocenters. The number of aliphatic imine (C=N–C) groups is 1. The number of benzene rings is 1. The number of nitrogens with zero attached hydrogens (tertiary/aromatic N) is 1. The van der Waals surface area contributed by atoms with Gasteiger partial charge in [-0.1, -0.05) is 18.2 Å². The first kappa shape index (κ1) is 11.5. The van der Waals surface area contributed by atoms with Gasteiger partial charge in [0.05, 0.1) is 7.11 Å². The van der Waals surface area contributed by atoms with E-state index in [4.69, 9.17) is 4.74 Å². The minimum Gasteiger partial charge on any atom is -0.496 e. The number of hydrogen-bond donors (Lipinski definition) is 0. The summed E-state index contributed by atoms with van der Waals surface area (Å²) < 4.78 is 5.29. The van der Waals surface area contributed by atoms with Crippen LogP contribution in [0.1, 0.15) is 18.1 Å². The molecule has 0 saturated carbocycles. The fourth-order valence-electron chi connectivity index (χ4n) is 1.45. The lowest BCUT2D eigenvalue weighted by atomic mass is 10.0. The Labute approximate surface area is 91.3 Å². The maximum atomic E-state index is 5.29. The molecule has 0 bridgehead atoms. The smallest absolute Gasteiger partial charge is 0.122 e. The average Bonchev–Trinajstić information content (AvgIpc) is 2.27. The van der Waals surface area contributed by atoms with E-state index >= 15 is 0 Å². The lowest BCUT2D eigenvalue weighted by Gasteiger charge is -2.07. The van der Waals surface area contributed by atoms with Crippen LogP contribution in [-0.4, -0.2) is 20.4 Å². The maximum absolute atomic E-state index is 5.29. The molecule has 0 radical (unpaired) electrons. The second kappa shape index (κ2) is 5.35. The minimum absolute atomic E-state index is 0.913. The Bertz CT molecular complexity index is 392. The van der Waals surface area contributed by atoms with E-state index in [0.717, 1.165) is 22.4 Å².